The van der Waals surface area contributed by atoms with Crippen LogP contribution in [0.1, 0.15) is 19.4 Å². The first-order chi connectivity index (χ1) is 12.4. The van der Waals surface area contributed by atoms with E-state index in [0.29, 0.717) is 17.0 Å². The Kier molecular flexibility index (Phi) is 6.34. The van der Waals surface area contributed by atoms with Gasteiger partial charge in [0.05, 0.1) is 11.6 Å². The Bertz CT molecular complexity index is 797. The molecule has 2 atom stereocenters. The fourth-order valence-electron chi connectivity index (χ4n) is 2.23. The lowest BCUT2D eigenvalue weighted by molar-refractivity contribution is -0.160. The van der Waals surface area contributed by atoms with Gasteiger partial charge in [0.2, 0.25) is 0 Å². The van der Waals surface area contributed by atoms with Gasteiger partial charge in [-0.25, -0.2) is 4.79 Å². The van der Waals surface area contributed by atoms with E-state index in [-0.39, 0.29) is 5.91 Å². The SMILES string of the molecule is CC(Oc1ccc(C#N)cc1)C(=O)OC(C)C(=O)N(C)c1ccccc1. The van der Waals surface area contributed by atoms with E-state index in [4.69, 9.17) is 14.7 Å². The van der Waals surface area contributed by atoms with Crippen molar-refractivity contribution in [2.24, 2.45) is 0 Å². The van der Waals surface area contributed by atoms with Crippen LogP contribution in [-0.4, -0.2) is 31.1 Å². The molecule has 1 amide bonds. The highest BCUT2D eigenvalue weighted by molar-refractivity contribution is 5.97. The molecule has 0 saturated heterocycles. The molecule has 2 aromatic carbocycles. The molecule has 0 aliphatic heterocycles. The average molecular weight is 352 g/mol. The summed E-state index contributed by atoms with van der Waals surface area (Å²) in [5, 5.41) is 8.78. The van der Waals surface area contributed by atoms with Crippen molar-refractivity contribution in [2.75, 3.05) is 11.9 Å². The number of hydrogen-bond donors (Lipinski definition) is 0. The van der Waals surface area contributed by atoms with Gasteiger partial charge in [0.15, 0.2) is 12.2 Å². The molecule has 26 heavy (non-hydrogen) atoms. The first-order valence-corrected chi connectivity index (χ1v) is 8.12. The molecular weight excluding hydrogens is 332 g/mol. The fraction of sp³-hybridized carbons (Fsp3) is 0.250. The Morgan fingerprint density at radius 2 is 1.62 bits per heavy atom. The van der Waals surface area contributed by atoms with Crippen molar-refractivity contribution in [1.29, 1.82) is 5.26 Å². The first kappa shape index (κ1) is 19.0. The summed E-state index contributed by atoms with van der Waals surface area (Å²) in [6.07, 6.45) is -1.83. The van der Waals surface area contributed by atoms with Crippen molar-refractivity contribution in [3.8, 4) is 11.8 Å². The summed E-state index contributed by atoms with van der Waals surface area (Å²) in [5.41, 5.74) is 1.21. The van der Waals surface area contributed by atoms with Crippen LogP contribution in [0, 0.1) is 11.3 Å². The number of ether oxygens (including phenoxy) is 2. The van der Waals surface area contributed by atoms with Crippen LogP contribution in [0.2, 0.25) is 0 Å². The minimum Gasteiger partial charge on any atom is -0.479 e. The number of hydrogen-bond acceptors (Lipinski definition) is 5. The number of benzene rings is 2. The number of rotatable bonds is 6. The van der Waals surface area contributed by atoms with Crippen molar-refractivity contribution >= 4 is 17.6 Å². The van der Waals surface area contributed by atoms with Crippen molar-refractivity contribution in [2.45, 2.75) is 26.1 Å². The van der Waals surface area contributed by atoms with Gasteiger partial charge in [-0.05, 0) is 50.2 Å². The summed E-state index contributed by atoms with van der Waals surface area (Å²) in [5.74, 6) is -0.541. The third-order valence-electron chi connectivity index (χ3n) is 3.74. The summed E-state index contributed by atoms with van der Waals surface area (Å²) in [6.45, 7) is 3.06. The third kappa shape index (κ3) is 4.84. The van der Waals surface area contributed by atoms with Crippen LogP contribution < -0.4 is 9.64 Å². The van der Waals surface area contributed by atoms with Crippen molar-refractivity contribution in [3.05, 3.63) is 60.2 Å². The lowest BCUT2D eigenvalue weighted by atomic mass is 10.2. The molecule has 0 saturated carbocycles. The van der Waals surface area contributed by atoms with E-state index >= 15 is 0 Å². The highest BCUT2D eigenvalue weighted by Crippen LogP contribution is 2.16. The van der Waals surface area contributed by atoms with Gasteiger partial charge < -0.3 is 14.4 Å². The third-order valence-corrected chi connectivity index (χ3v) is 3.74. The molecule has 0 bridgehead atoms. The number of amides is 1. The van der Waals surface area contributed by atoms with Gasteiger partial charge in [-0.15, -0.1) is 0 Å². The van der Waals surface area contributed by atoms with Gasteiger partial charge in [-0.3, -0.25) is 4.79 Å². The number of anilines is 1. The van der Waals surface area contributed by atoms with Gasteiger partial charge in [-0.2, -0.15) is 5.26 Å². The first-order valence-electron chi connectivity index (χ1n) is 8.12. The maximum Gasteiger partial charge on any atom is 0.347 e. The Labute approximate surface area is 152 Å². The number of para-hydroxylation sites is 1. The van der Waals surface area contributed by atoms with E-state index in [1.807, 2.05) is 24.3 Å². The van der Waals surface area contributed by atoms with Crippen LogP contribution in [0.25, 0.3) is 0 Å². The Balaban J connectivity index is 1.92. The summed E-state index contributed by atoms with van der Waals surface area (Å²) >= 11 is 0. The Hall–Kier alpha value is -3.33. The molecule has 2 unspecified atom stereocenters. The number of nitriles is 1. The maximum absolute atomic E-state index is 12.4. The van der Waals surface area contributed by atoms with Crippen LogP contribution in [0.5, 0.6) is 5.75 Å². The number of esters is 1. The smallest absolute Gasteiger partial charge is 0.347 e. The van der Waals surface area contributed by atoms with Gasteiger partial charge in [0.25, 0.3) is 5.91 Å². The van der Waals surface area contributed by atoms with Gasteiger partial charge in [0, 0.05) is 12.7 Å². The van der Waals surface area contributed by atoms with Crippen LogP contribution in [0.3, 0.4) is 0 Å². The molecule has 0 aliphatic carbocycles. The van der Waals surface area contributed by atoms with Crippen LogP contribution in [0.4, 0.5) is 5.69 Å². The zero-order chi connectivity index (χ0) is 19.1. The fourth-order valence-corrected chi connectivity index (χ4v) is 2.23. The summed E-state index contributed by atoms with van der Waals surface area (Å²) in [6, 6.07) is 17.5. The predicted octanol–water partition coefficient (Wildman–Crippen LogP) is 2.92. The molecule has 0 heterocycles. The normalized spacial score (nSPS) is 12.4. The number of nitrogens with zero attached hydrogens (tertiary/aromatic N) is 2. The van der Waals surface area contributed by atoms with E-state index in [1.165, 1.54) is 11.8 Å². The molecule has 0 fully saturated rings. The van der Waals surface area contributed by atoms with Crippen LogP contribution in [0.15, 0.2) is 54.6 Å². The quantitative estimate of drug-likeness (QED) is 0.747. The highest BCUT2D eigenvalue weighted by atomic mass is 16.6. The molecule has 134 valence electrons. The Morgan fingerprint density at radius 1 is 1.00 bits per heavy atom. The summed E-state index contributed by atoms with van der Waals surface area (Å²) < 4.78 is 10.7. The van der Waals surface area contributed by atoms with Gasteiger partial charge in [-0.1, -0.05) is 18.2 Å². The maximum atomic E-state index is 12.4. The van der Waals surface area contributed by atoms with E-state index < -0.39 is 18.2 Å². The van der Waals surface area contributed by atoms with Crippen LogP contribution in [-0.2, 0) is 14.3 Å². The summed E-state index contributed by atoms with van der Waals surface area (Å²) in [7, 11) is 1.62. The lowest BCUT2D eigenvalue weighted by Crippen LogP contribution is -2.40. The number of carbonyl (C=O) groups excluding carboxylic acids is 2. The molecular formula is C20H20N2O4. The zero-order valence-corrected chi connectivity index (χ0v) is 14.9. The predicted molar refractivity (Wildman–Crippen MR) is 96.7 cm³/mol. The van der Waals surface area contributed by atoms with Crippen molar-refractivity contribution in [1.82, 2.24) is 0 Å². The summed E-state index contributed by atoms with van der Waals surface area (Å²) in [4.78, 5) is 26.0. The highest BCUT2D eigenvalue weighted by Gasteiger charge is 2.25. The minimum atomic E-state index is -0.945. The molecule has 0 radical (unpaired) electrons. The van der Waals surface area contributed by atoms with E-state index in [2.05, 4.69) is 0 Å². The van der Waals surface area contributed by atoms with Crippen molar-refractivity contribution < 1.29 is 19.1 Å². The van der Waals surface area contributed by atoms with E-state index in [9.17, 15) is 9.59 Å². The standard InChI is InChI=1S/C20H20N2O4/c1-14(19(23)22(3)17-7-5-4-6-8-17)26-20(24)15(2)25-18-11-9-16(13-21)10-12-18/h4-12,14-15H,1-3H3. The second-order valence-electron chi connectivity index (χ2n) is 5.71. The number of likely N-dealkylation sites (N-methyl/N-ethyl adjacent to an activating group) is 1. The molecule has 6 heteroatoms. The van der Waals surface area contributed by atoms with Gasteiger partial charge in [0.1, 0.15) is 5.75 Å². The van der Waals surface area contributed by atoms with Gasteiger partial charge >= 0.3 is 5.97 Å². The molecule has 0 N–H and O–H groups in total. The molecule has 2 rings (SSSR count). The molecule has 0 aliphatic rings. The largest absolute Gasteiger partial charge is 0.479 e. The monoisotopic (exact) mass is 352 g/mol. The zero-order valence-electron chi connectivity index (χ0n) is 14.9. The Morgan fingerprint density at radius 3 is 2.19 bits per heavy atom. The average Bonchev–Trinajstić information content (AvgIpc) is 2.67. The van der Waals surface area contributed by atoms with Crippen molar-refractivity contribution in [3.63, 3.8) is 0 Å². The molecule has 0 aromatic heterocycles. The second-order valence-corrected chi connectivity index (χ2v) is 5.71. The topological polar surface area (TPSA) is 79.6 Å². The van der Waals surface area contributed by atoms with E-state index in [1.54, 1.807) is 50.4 Å². The minimum absolute atomic E-state index is 0.338. The molecule has 0 spiro atoms. The molecule has 2 aromatic rings. The lowest BCUT2D eigenvalue weighted by Gasteiger charge is -2.22. The number of carbonyl (C=O) groups is 2. The van der Waals surface area contributed by atoms with Crippen LogP contribution >= 0.6 is 0 Å². The second kappa shape index (κ2) is 8.67. The molecule has 6 nitrogen and oxygen atoms in total. The van der Waals surface area contributed by atoms with E-state index in [0.717, 1.165) is 0 Å².